The predicted octanol–water partition coefficient (Wildman–Crippen LogP) is 7.08. The van der Waals surface area contributed by atoms with Crippen LogP contribution in [0.15, 0.2) is 103 Å². The molecule has 0 fully saturated rings. The van der Waals surface area contributed by atoms with Crippen molar-refractivity contribution in [1.82, 2.24) is 4.98 Å². The molecule has 1 N–H and O–H groups in total. The molecule has 1 aliphatic rings. The lowest BCUT2D eigenvalue weighted by Crippen LogP contribution is -2.45. The van der Waals surface area contributed by atoms with Gasteiger partial charge >= 0.3 is 5.97 Å². The maximum absolute atomic E-state index is 13.5. The zero-order valence-corrected chi connectivity index (χ0v) is 20.2. The van der Waals surface area contributed by atoms with Crippen molar-refractivity contribution in [1.29, 1.82) is 0 Å². The van der Waals surface area contributed by atoms with Gasteiger partial charge < -0.3 is 14.5 Å². The minimum atomic E-state index is -1.23. The molecule has 5 aromatic rings. The van der Waals surface area contributed by atoms with Crippen LogP contribution in [0.1, 0.15) is 34.1 Å². The molecule has 0 saturated heterocycles. The first-order valence-electron chi connectivity index (χ1n) is 12.1. The number of cyclic esters (lactones) is 1. The van der Waals surface area contributed by atoms with Crippen LogP contribution in [-0.2, 0) is 10.5 Å². The van der Waals surface area contributed by atoms with E-state index in [1.54, 1.807) is 0 Å². The third-order valence-corrected chi connectivity index (χ3v) is 6.72. The number of carbonyl (C=O) groups excluding carboxylic acids is 1. The summed E-state index contributed by atoms with van der Waals surface area (Å²) in [5.74, 6) is 0.442. The van der Waals surface area contributed by atoms with Gasteiger partial charge in [-0.05, 0) is 62.4 Å². The van der Waals surface area contributed by atoms with Gasteiger partial charge in [-0.15, -0.1) is 0 Å². The first-order chi connectivity index (χ1) is 17.6. The number of H-pyrrole nitrogens is 1. The quantitative estimate of drug-likeness (QED) is 0.267. The Hall–Kier alpha value is -4.51. The van der Waals surface area contributed by atoms with Crippen LogP contribution in [0.5, 0.6) is 5.75 Å². The van der Waals surface area contributed by atoms with Gasteiger partial charge in [-0.25, -0.2) is 4.79 Å². The van der Waals surface area contributed by atoms with E-state index >= 15 is 0 Å². The van der Waals surface area contributed by atoms with Gasteiger partial charge in [0.2, 0.25) is 5.72 Å². The summed E-state index contributed by atoms with van der Waals surface area (Å²) in [7, 11) is 0. The number of para-hydroxylation sites is 2. The fourth-order valence-electron chi connectivity index (χ4n) is 5.33. The number of aromatic nitrogens is 1. The number of aryl methyl sites for hydroxylation is 1. The van der Waals surface area contributed by atoms with Crippen molar-refractivity contribution < 1.29 is 14.3 Å². The number of aromatic amines is 1. The van der Waals surface area contributed by atoms with E-state index in [0.29, 0.717) is 12.2 Å². The van der Waals surface area contributed by atoms with Gasteiger partial charge in [-0.3, -0.25) is 4.90 Å². The van der Waals surface area contributed by atoms with Crippen molar-refractivity contribution in [2.75, 3.05) is 11.5 Å². The Kier molecular flexibility index (Phi) is 5.26. The number of nitrogens with zero attached hydrogens (tertiary/aromatic N) is 1. The fraction of sp³-hybridized carbons (Fsp3) is 0.129. The van der Waals surface area contributed by atoms with Crippen LogP contribution < -0.4 is 9.64 Å². The maximum Gasteiger partial charge on any atom is 0.341 e. The molecule has 4 aromatic carbocycles. The molecule has 1 aliphatic heterocycles. The van der Waals surface area contributed by atoms with Gasteiger partial charge in [-0.2, -0.15) is 0 Å². The van der Waals surface area contributed by atoms with E-state index < -0.39 is 5.72 Å². The molecule has 2 heterocycles. The number of ether oxygens (including phenoxy) is 2. The second-order valence-corrected chi connectivity index (χ2v) is 8.85. The van der Waals surface area contributed by atoms with Crippen LogP contribution in [0.3, 0.4) is 0 Å². The molecular formula is C31H26N2O3. The highest BCUT2D eigenvalue weighted by Crippen LogP contribution is 2.52. The standard InChI is InChI=1S/C31H26N2O3/c1-3-35-24-19-17-23(18-20-24)33(22-11-5-4-6-12-22)31(27-15-9-7-13-25(27)30(34)36-31)29-21(2)32-28-16-10-8-14-26(28)29/h4-20,32H,3H2,1-2H3. The fourth-order valence-corrected chi connectivity index (χ4v) is 5.33. The number of anilines is 2. The van der Waals surface area contributed by atoms with Crippen LogP contribution in [0, 0.1) is 6.92 Å². The van der Waals surface area contributed by atoms with Gasteiger partial charge in [0.1, 0.15) is 5.75 Å². The first-order valence-corrected chi connectivity index (χ1v) is 12.1. The molecule has 0 bridgehead atoms. The summed E-state index contributed by atoms with van der Waals surface area (Å²) in [6.45, 7) is 4.59. The zero-order valence-electron chi connectivity index (χ0n) is 20.2. The van der Waals surface area contributed by atoms with E-state index in [9.17, 15) is 4.79 Å². The van der Waals surface area contributed by atoms with Crippen molar-refractivity contribution in [3.8, 4) is 5.75 Å². The molecule has 36 heavy (non-hydrogen) atoms. The minimum absolute atomic E-state index is 0.345. The van der Waals surface area contributed by atoms with E-state index in [0.717, 1.165) is 44.8 Å². The monoisotopic (exact) mass is 474 g/mol. The first kappa shape index (κ1) is 22.0. The average molecular weight is 475 g/mol. The summed E-state index contributed by atoms with van der Waals surface area (Å²) in [6, 6.07) is 33.8. The number of fused-ring (bicyclic) bond motifs is 2. The number of nitrogens with one attached hydrogen (secondary N) is 1. The number of carbonyl (C=O) groups is 1. The topological polar surface area (TPSA) is 54.6 Å². The normalized spacial score (nSPS) is 16.6. The average Bonchev–Trinajstić information content (AvgIpc) is 3.40. The summed E-state index contributed by atoms with van der Waals surface area (Å²) in [4.78, 5) is 19.1. The number of hydrogen-bond donors (Lipinski definition) is 1. The minimum Gasteiger partial charge on any atom is -0.494 e. The molecule has 5 heteroatoms. The predicted molar refractivity (Wildman–Crippen MR) is 142 cm³/mol. The van der Waals surface area contributed by atoms with Crippen molar-refractivity contribution in [3.05, 3.63) is 126 Å². The molecular weight excluding hydrogens is 448 g/mol. The van der Waals surface area contributed by atoms with Gasteiger partial charge in [0.05, 0.1) is 17.7 Å². The molecule has 6 rings (SSSR count). The largest absolute Gasteiger partial charge is 0.494 e. The van der Waals surface area contributed by atoms with Gasteiger partial charge in [-0.1, -0.05) is 54.6 Å². The smallest absolute Gasteiger partial charge is 0.341 e. The van der Waals surface area contributed by atoms with E-state index in [1.807, 2.05) is 111 Å². The molecule has 0 amide bonds. The molecule has 5 nitrogen and oxygen atoms in total. The van der Waals surface area contributed by atoms with Crippen molar-refractivity contribution in [2.45, 2.75) is 19.6 Å². The molecule has 0 spiro atoms. The summed E-state index contributed by atoms with van der Waals surface area (Å²) >= 11 is 0. The van der Waals surface area contributed by atoms with Gasteiger partial charge in [0.15, 0.2) is 0 Å². The lowest BCUT2D eigenvalue weighted by Gasteiger charge is -2.42. The Labute approximate surface area is 209 Å². The molecule has 0 radical (unpaired) electrons. The maximum atomic E-state index is 13.5. The Morgan fingerprint density at radius 2 is 1.50 bits per heavy atom. The lowest BCUT2D eigenvalue weighted by molar-refractivity contribution is 0.0137. The number of hydrogen-bond acceptors (Lipinski definition) is 4. The van der Waals surface area contributed by atoms with Crippen LogP contribution in [0.2, 0.25) is 0 Å². The van der Waals surface area contributed by atoms with E-state index in [2.05, 4.69) is 16.0 Å². The molecule has 0 saturated carbocycles. The Morgan fingerprint density at radius 1 is 0.833 bits per heavy atom. The Bertz CT molecular complexity index is 1560. The Morgan fingerprint density at radius 3 is 2.28 bits per heavy atom. The third-order valence-electron chi connectivity index (χ3n) is 6.72. The number of benzene rings is 4. The zero-order chi connectivity index (χ0) is 24.7. The highest BCUT2D eigenvalue weighted by Gasteiger charge is 2.54. The van der Waals surface area contributed by atoms with Gasteiger partial charge in [0.25, 0.3) is 0 Å². The van der Waals surface area contributed by atoms with Crippen molar-refractivity contribution in [2.24, 2.45) is 0 Å². The van der Waals surface area contributed by atoms with Crippen LogP contribution in [0.25, 0.3) is 10.9 Å². The molecule has 178 valence electrons. The van der Waals surface area contributed by atoms with E-state index in [-0.39, 0.29) is 5.97 Å². The van der Waals surface area contributed by atoms with Crippen LogP contribution in [0.4, 0.5) is 11.4 Å². The van der Waals surface area contributed by atoms with E-state index in [1.165, 1.54) is 0 Å². The summed E-state index contributed by atoms with van der Waals surface area (Å²) in [5, 5.41) is 1.01. The molecule has 1 aromatic heterocycles. The molecule has 1 unspecified atom stereocenters. The second kappa shape index (κ2) is 8.61. The van der Waals surface area contributed by atoms with Crippen molar-refractivity contribution in [3.63, 3.8) is 0 Å². The summed E-state index contributed by atoms with van der Waals surface area (Å²) in [6.07, 6.45) is 0. The second-order valence-electron chi connectivity index (χ2n) is 8.85. The molecule has 0 aliphatic carbocycles. The summed E-state index contributed by atoms with van der Waals surface area (Å²) in [5.41, 5.74) is 4.75. The third kappa shape index (κ3) is 3.28. The highest BCUT2D eigenvalue weighted by molar-refractivity contribution is 5.99. The lowest BCUT2D eigenvalue weighted by atomic mass is 9.88. The highest BCUT2D eigenvalue weighted by atomic mass is 16.6. The Balaban J connectivity index is 1.71. The number of rotatable bonds is 6. The van der Waals surface area contributed by atoms with Crippen molar-refractivity contribution >= 4 is 28.2 Å². The van der Waals surface area contributed by atoms with E-state index in [4.69, 9.17) is 9.47 Å². The molecule has 1 atom stereocenters. The summed E-state index contributed by atoms with van der Waals surface area (Å²) < 4.78 is 12.2. The SMILES string of the molecule is CCOc1ccc(N(c2ccccc2)C2(c3c(C)[nH]c4ccccc34)OC(=O)c3ccccc32)cc1. The van der Waals surface area contributed by atoms with Gasteiger partial charge in [0, 0.05) is 33.5 Å². The van der Waals surface area contributed by atoms with Crippen LogP contribution in [-0.4, -0.2) is 17.6 Å². The number of esters is 1. The van der Waals surface area contributed by atoms with Crippen LogP contribution >= 0.6 is 0 Å².